The highest BCUT2D eigenvalue weighted by molar-refractivity contribution is 7.43. The molecule has 1 heterocycles. The fourth-order valence-electron chi connectivity index (χ4n) is 1.64. The number of para-hydroxylation sites is 2. The van der Waals surface area contributed by atoms with E-state index in [4.69, 9.17) is 9.26 Å². The highest BCUT2D eigenvalue weighted by Gasteiger charge is 2.03. The minimum absolute atomic E-state index is 0.716. The first kappa shape index (κ1) is 11.9. The first-order valence-corrected chi connectivity index (χ1v) is 7.30. The summed E-state index contributed by atoms with van der Waals surface area (Å²) in [5.74, 6) is 7.58. The van der Waals surface area contributed by atoms with Gasteiger partial charge in [-0.2, -0.15) is 0 Å². The van der Waals surface area contributed by atoms with Crippen molar-refractivity contribution in [2.45, 2.75) is 0 Å². The normalized spacial score (nSPS) is 11.1. The van der Waals surface area contributed by atoms with Crippen LogP contribution in [-0.4, -0.2) is 0 Å². The van der Waals surface area contributed by atoms with Crippen LogP contribution in [0.5, 0.6) is 17.2 Å². The van der Waals surface area contributed by atoms with Gasteiger partial charge in [0.2, 0.25) is 0 Å². The molecule has 0 aliphatic carbocycles. The zero-order valence-corrected chi connectivity index (χ0v) is 11.1. The maximum Gasteiger partial charge on any atom is 0.143 e. The second kappa shape index (κ2) is 5.64. The maximum atomic E-state index is 5.81. The minimum Gasteiger partial charge on any atom is -0.456 e. The van der Waals surface area contributed by atoms with E-state index in [9.17, 15) is 0 Å². The molecule has 0 aliphatic rings. The Morgan fingerprint density at radius 3 is 2.05 bits per heavy atom. The fraction of sp³-hybridized carbons (Fsp3) is 0. The van der Waals surface area contributed by atoms with Gasteiger partial charge in [0.25, 0.3) is 0 Å². The molecule has 0 saturated carbocycles. The smallest absolute Gasteiger partial charge is 0.143 e. The highest BCUT2D eigenvalue weighted by atomic mass is 31.1. The summed E-state index contributed by atoms with van der Waals surface area (Å²) in [4.78, 5) is 0. The van der Waals surface area contributed by atoms with Crippen molar-refractivity contribution in [3.05, 3.63) is 78.3 Å². The maximum absolute atomic E-state index is 5.81. The van der Waals surface area contributed by atoms with Crippen molar-refractivity contribution in [3.63, 3.8) is 0 Å². The zero-order chi connectivity index (χ0) is 12.9. The van der Waals surface area contributed by atoms with Gasteiger partial charge in [-0.3, -0.25) is 0 Å². The van der Waals surface area contributed by atoms with E-state index in [-0.39, 0.29) is 0 Å². The van der Waals surface area contributed by atoms with Crippen molar-refractivity contribution < 1.29 is 9.26 Å². The van der Waals surface area contributed by atoms with Gasteiger partial charge >= 0.3 is 0 Å². The number of benzene rings is 2. The second-order valence-electron chi connectivity index (χ2n) is 3.94. The first-order chi connectivity index (χ1) is 9.40. The van der Waals surface area contributed by atoms with Crippen LogP contribution in [0.3, 0.4) is 0 Å². The molecule has 1 atom stereocenters. The molecule has 3 aromatic rings. The van der Waals surface area contributed by atoms with Crippen LogP contribution in [0.2, 0.25) is 0 Å². The number of hydrogen-bond acceptors (Lipinski definition) is 2. The minimum atomic E-state index is -0.849. The van der Waals surface area contributed by atoms with Crippen molar-refractivity contribution in [2.75, 3.05) is 0 Å². The van der Waals surface area contributed by atoms with Crippen LogP contribution in [0.25, 0.3) is 0 Å². The molecule has 0 amide bonds. The Bertz CT molecular complexity index is 576. The molecule has 0 N–H and O–H groups in total. The molecule has 0 aliphatic heterocycles. The van der Waals surface area contributed by atoms with Crippen molar-refractivity contribution >= 4 is 7.76 Å². The van der Waals surface area contributed by atoms with Crippen LogP contribution in [-0.2, 0) is 0 Å². The summed E-state index contributed by atoms with van der Waals surface area (Å²) in [7, 11) is -0.849. The number of hydrogen-bond donors (Lipinski definition) is 0. The molecule has 1 unspecified atom stereocenters. The van der Waals surface area contributed by atoms with Crippen LogP contribution >= 0.6 is 7.76 Å². The third kappa shape index (κ3) is 3.18. The molecular weight excluding hydrogens is 255 g/mol. The summed E-state index contributed by atoms with van der Waals surface area (Å²) < 4.78 is 11.5. The quantitative estimate of drug-likeness (QED) is 0.654. The van der Waals surface area contributed by atoms with E-state index >= 15 is 0 Å². The predicted molar refractivity (Wildman–Crippen MR) is 77.0 cm³/mol. The molecule has 0 bridgehead atoms. The molecule has 0 fully saturated rings. The van der Waals surface area contributed by atoms with Crippen LogP contribution in [0.1, 0.15) is 0 Å². The topological polar surface area (TPSA) is 18.5 Å². The van der Waals surface area contributed by atoms with Gasteiger partial charge in [0, 0.05) is 0 Å². The van der Waals surface area contributed by atoms with Gasteiger partial charge in [-0.15, -0.1) is 0 Å². The van der Waals surface area contributed by atoms with E-state index in [1.165, 1.54) is 0 Å². The predicted octanol–water partition coefficient (Wildman–Crippen LogP) is 5.11. The standard InChI is InChI=1S/C16H12O2P/c1-3-7-14(8-4-1)17-16-11-12-19(13-16)18-15-9-5-2-6-10-15/h1-12H. The van der Waals surface area contributed by atoms with E-state index < -0.39 is 7.76 Å². The average Bonchev–Trinajstić information content (AvgIpc) is 2.88. The molecule has 3 heteroatoms. The van der Waals surface area contributed by atoms with E-state index in [0.717, 1.165) is 11.5 Å². The van der Waals surface area contributed by atoms with Gasteiger partial charge in [0.1, 0.15) is 17.2 Å². The lowest BCUT2D eigenvalue weighted by atomic mass is 10.3. The summed E-state index contributed by atoms with van der Waals surface area (Å²) in [6, 6.07) is 21.3. The lowest BCUT2D eigenvalue weighted by Gasteiger charge is -2.03. The van der Waals surface area contributed by atoms with Gasteiger partial charge in [0.05, 0.1) is 13.6 Å². The van der Waals surface area contributed by atoms with Gasteiger partial charge in [-0.1, -0.05) is 36.4 Å². The molecule has 0 spiro atoms. The summed E-state index contributed by atoms with van der Waals surface area (Å²) in [6.07, 6.45) is 0. The molecule has 19 heavy (non-hydrogen) atoms. The Labute approximate surface area is 113 Å². The third-order valence-electron chi connectivity index (χ3n) is 2.50. The number of rotatable bonds is 4. The lowest BCUT2D eigenvalue weighted by molar-refractivity contribution is 0.484. The van der Waals surface area contributed by atoms with Crippen molar-refractivity contribution in [1.29, 1.82) is 0 Å². The SMILES string of the molecule is [c]1c(Oc2ccccc2)ccp1Oc1ccccc1. The largest absolute Gasteiger partial charge is 0.456 e. The zero-order valence-electron chi connectivity index (χ0n) is 10.2. The summed E-state index contributed by atoms with van der Waals surface area (Å²) in [5.41, 5.74) is 0. The Hall–Kier alpha value is -2.18. The molecule has 2 aromatic carbocycles. The summed E-state index contributed by atoms with van der Waals surface area (Å²) in [6.45, 7) is 0. The van der Waals surface area contributed by atoms with E-state index in [0.29, 0.717) is 5.75 Å². The van der Waals surface area contributed by atoms with Crippen molar-refractivity contribution in [2.24, 2.45) is 0 Å². The molecule has 1 radical (unpaired) electrons. The molecule has 1 aromatic heterocycles. The van der Waals surface area contributed by atoms with Gasteiger partial charge in [-0.25, -0.2) is 0 Å². The van der Waals surface area contributed by atoms with Gasteiger partial charge < -0.3 is 9.26 Å². The average molecular weight is 267 g/mol. The summed E-state index contributed by atoms with van der Waals surface area (Å²) >= 11 is 0. The highest BCUT2D eigenvalue weighted by Crippen LogP contribution is 2.36. The molecular formula is C16H12O2P. The van der Waals surface area contributed by atoms with Gasteiger partial charge in [0.15, 0.2) is 0 Å². The van der Waals surface area contributed by atoms with E-state index in [1.807, 2.05) is 72.5 Å². The van der Waals surface area contributed by atoms with Crippen molar-refractivity contribution in [1.82, 2.24) is 0 Å². The Kier molecular flexibility index (Phi) is 3.53. The van der Waals surface area contributed by atoms with Crippen molar-refractivity contribution in [3.8, 4) is 17.2 Å². The Morgan fingerprint density at radius 2 is 1.37 bits per heavy atom. The van der Waals surface area contributed by atoms with Crippen LogP contribution in [0.15, 0.2) is 72.5 Å². The molecule has 3 rings (SSSR count). The fourth-order valence-corrected chi connectivity index (χ4v) is 2.78. The van der Waals surface area contributed by atoms with Crippen LogP contribution in [0.4, 0.5) is 0 Å². The molecule has 2 nitrogen and oxygen atoms in total. The third-order valence-corrected chi connectivity index (χ3v) is 3.77. The molecule has 0 saturated heterocycles. The first-order valence-electron chi connectivity index (χ1n) is 5.97. The Balaban J connectivity index is 1.70. The lowest BCUT2D eigenvalue weighted by Crippen LogP contribution is -1.80. The molecule has 93 valence electrons. The summed E-state index contributed by atoms with van der Waals surface area (Å²) in [5, 5.41) is 0. The Morgan fingerprint density at radius 1 is 0.737 bits per heavy atom. The second-order valence-corrected chi connectivity index (χ2v) is 5.29. The van der Waals surface area contributed by atoms with E-state index in [1.54, 1.807) is 0 Å². The van der Waals surface area contributed by atoms with Crippen LogP contribution < -0.4 is 9.26 Å². The van der Waals surface area contributed by atoms with E-state index in [2.05, 4.69) is 5.80 Å². The number of ether oxygens (including phenoxy) is 1. The monoisotopic (exact) mass is 267 g/mol. The van der Waals surface area contributed by atoms with Gasteiger partial charge in [-0.05, 0) is 36.1 Å². The van der Waals surface area contributed by atoms with Crippen LogP contribution in [0, 0.1) is 5.80 Å².